The van der Waals surface area contributed by atoms with Crippen molar-refractivity contribution in [1.82, 2.24) is 9.38 Å². The SMILES string of the molecule is Cc1nc2c(OCc3c(F)cccc3F)cc(C(F)F)cn2c1OC(=O)O. The number of carboxylic acid groups (broad SMARTS) is 1. The highest BCUT2D eigenvalue weighted by atomic mass is 19.3. The zero-order valence-electron chi connectivity index (χ0n) is 13.7. The first-order valence-electron chi connectivity index (χ1n) is 7.55. The number of aromatic nitrogens is 2. The van der Waals surface area contributed by atoms with E-state index < -0.39 is 36.4 Å². The molecule has 2 heterocycles. The number of imidazole rings is 1. The number of hydrogen-bond donors (Lipinski definition) is 1. The van der Waals surface area contributed by atoms with Crippen molar-refractivity contribution in [3.05, 3.63) is 58.9 Å². The van der Waals surface area contributed by atoms with E-state index in [1.165, 1.54) is 13.0 Å². The van der Waals surface area contributed by atoms with Gasteiger partial charge in [-0.3, -0.25) is 4.40 Å². The van der Waals surface area contributed by atoms with Gasteiger partial charge in [-0.2, -0.15) is 0 Å². The second-order valence-electron chi connectivity index (χ2n) is 5.49. The molecule has 0 fully saturated rings. The van der Waals surface area contributed by atoms with Crippen LogP contribution in [-0.2, 0) is 6.61 Å². The van der Waals surface area contributed by atoms with Crippen LogP contribution in [0.3, 0.4) is 0 Å². The second-order valence-corrected chi connectivity index (χ2v) is 5.49. The van der Waals surface area contributed by atoms with Gasteiger partial charge in [-0.1, -0.05) is 6.07 Å². The van der Waals surface area contributed by atoms with E-state index in [4.69, 9.17) is 9.84 Å². The summed E-state index contributed by atoms with van der Waals surface area (Å²) in [5, 5.41) is 8.80. The molecule has 27 heavy (non-hydrogen) atoms. The third kappa shape index (κ3) is 3.64. The average molecular weight is 384 g/mol. The molecule has 0 amide bonds. The van der Waals surface area contributed by atoms with Gasteiger partial charge < -0.3 is 14.6 Å². The van der Waals surface area contributed by atoms with Crippen molar-refractivity contribution >= 4 is 11.8 Å². The summed E-state index contributed by atoms with van der Waals surface area (Å²) < 4.78 is 64.8. The molecule has 1 aromatic carbocycles. The molecule has 142 valence electrons. The Morgan fingerprint density at radius 1 is 1.30 bits per heavy atom. The number of hydrogen-bond acceptors (Lipinski definition) is 4. The minimum Gasteiger partial charge on any atom is -0.485 e. The van der Waals surface area contributed by atoms with E-state index in [-0.39, 0.29) is 28.5 Å². The third-order valence-corrected chi connectivity index (χ3v) is 3.70. The lowest BCUT2D eigenvalue weighted by atomic mass is 10.2. The van der Waals surface area contributed by atoms with Crippen LogP contribution in [0.4, 0.5) is 22.4 Å². The van der Waals surface area contributed by atoms with Crippen molar-refractivity contribution < 1.29 is 36.9 Å². The van der Waals surface area contributed by atoms with Gasteiger partial charge in [0.1, 0.15) is 23.9 Å². The normalized spacial score (nSPS) is 11.2. The Balaban J connectivity index is 2.07. The zero-order valence-corrected chi connectivity index (χ0v) is 13.7. The fourth-order valence-corrected chi connectivity index (χ4v) is 2.48. The number of benzene rings is 1. The van der Waals surface area contributed by atoms with E-state index in [0.717, 1.165) is 28.8 Å². The van der Waals surface area contributed by atoms with Crippen LogP contribution >= 0.6 is 0 Å². The number of carbonyl (C=O) groups is 1. The number of halogens is 4. The number of ether oxygens (including phenoxy) is 2. The minimum absolute atomic E-state index is 0.0371. The topological polar surface area (TPSA) is 73.1 Å². The van der Waals surface area contributed by atoms with E-state index >= 15 is 0 Å². The summed E-state index contributed by atoms with van der Waals surface area (Å²) in [6.07, 6.45) is -3.62. The lowest BCUT2D eigenvalue weighted by Crippen LogP contribution is -2.07. The van der Waals surface area contributed by atoms with Crippen molar-refractivity contribution in [3.8, 4) is 11.6 Å². The molecule has 0 radical (unpaired) electrons. The molecule has 3 rings (SSSR count). The summed E-state index contributed by atoms with van der Waals surface area (Å²) in [6, 6.07) is 4.21. The van der Waals surface area contributed by atoms with Gasteiger partial charge in [0.25, 0.3) is 6.43 Å². The van der Waals surface area contributed by atoms with E-state index in [1.807, 2.05) is 0 Å². The van der Waals surface area contributed by atoms with Crippen molar-refractivity contribution in [1.29, 1.82) is 0 Å². The Morgan fingerprint density at radius 3 is 2.56 bits per heavy atom. The monoisotopic (exact) mass is 384 g/mol. The number of pyridine rings is 1. The fourth-order valence-electron chi connectivity index (χ4n) is 2.48. The molecule has 0 spiro atoms. The van der Waals surface area contributed by atoms with Gasteiger partial charge in [-0.05, 0) is 25.1 Å². The summed E-state index contributed by atoms with van der Waals surface area (Å²) >= 11 is 0. The van der Waals surface area contributed by atoms with Gasteiger partial charge in [0.2, 0.25) is 5.88 Å². The molecule has 0 bridgehead atoms. The van der Waals surface area contributed by atoms with Crippen molar-refractivity contribution in [2.45, 2.75) is 20.0 Å². The van der Waals surface area contributed by atoms with Gasteiger partial charge in [0, 0.05) is 11.8 Å². The maximum Gasteiger partial charge on any atom is 0.512 e. The number of fused-ring (bicyclic) bond motifs is 1. The highest BCUT2D eigenvalue weighted by Gasteiger charge is 2.21. The number of aryl methyl sites for hydroxylation is 1. The first-order chi connectivity index (χ1) is 12.8. The largest absolute Gasteiger partial charge is 0.512 e. The first kappa shape index (κ1) is 18.5. The predicted molar refractivity (Wildman–Crippen MR) is 84.2 cm³/mol. The lowest BCUT2D eigenvalue weighted by molar-refractivity contribution is 0.141. The smallest absolute Gasteiger partial charge is 0.485 e. The van der Waals surface area contributed by atoms with Gasteiger partial charge in [0.05, 0.1) is 5.56 Å². The maximum absolute atomic E-state index is 13.7. The van der Waals surface area contributed by atoms with Gasteiger partial charge in [0.15, 0.2) is 11.4 Å². The molecule has 0 unspecified atom stereocenters. The first-order valence-corrected chi connectivity index (χ1v) is 7.55. The van der Waals surface area contributed by atoms with Crippen LogP contribution in [0.25, 0.3) is 5.65 Å². The molecule has 0 aliphatic heterocycles. The van der Waals surface area contributed by atoms with Crippen LogP contribution in [0.5, 0.6) is 11.6 Å². The summed E-state index contributed by atoms with van der Waals surface area (Å²) in [7, 11) is 0. The Bertz CT molecular complexity index is 1000. The molecule has 1 N–H and O–H groups in total. The van der Waals surface area contributed by atoms with Crippen LogP contribution in [0.1, 0.15) is 23.2 Å². The van der Waals surface area contributed by atoms with Crippen molar-refractivity contribution in [3.63, 3.8) is 0 Å². The maximum atomic E-state index is 13.7. The molecule has 0 saturated heterocycles. The minimum atomic E-state index is -2.91. The molecule has 2 aromatic heterocycles. The van der Waals surface area contributed by atoms with Crippen molar-refractivity contribution in [2.75, 3.05) is 0 Å². The van der Waals surface area contributed by atoms with Crippen molar-refractivity contribution in [2.24, 2.45) is 0 Å². The second kappa shape index (κ2) is 7.14. The fraction of sp³-hybridized carbons (Fsp3) is 0.176. The molecule has 3 aromatic rings. The van der Waals surface area contributed by atoms with E-state index in [2.05, 4.69) is 9.72 Å². The van der Waals surface area contributed by atoms with Crippen LogP contribution < -0.4 is 9.47 Å². The van der Waals surface area contributed by atoms with Crippen LogP contribution in [0, 0.1) is 18.6 Å². The molecule has 0 aliphatic carbocycles. The van der Waals surface area contributed by atoms with E-state index in [1.54, 1.807) is 0 Å². The quantitative estimate of drug-likeness (QED) is 0.518. The summed E-state index contributed by atoms with van der Waals surface area (Å²) in [4.78, 5) is 14.9. The molecule has 0 atom stereocenters. The predicted octanol–water partition coefficient (Wildman–Crippen LogP) is 4.49. The summed E-state index contributed by atoms with van der Waals surface area (Å²) in [5.41, 5.74) is -0.835. The highest BCUT2D eigenvalue weighted by Crippen LogP contribution is 2.32. The number of alkyl halides is 2. The lowest BCUT2D eigenvalue weighted by Gasteiger charge is -2.11. The Labute approximate surface area is 149 Å². The molecular formula is C17H12F4N2O4. The van der Waals surface area contributed by atoms with Gasteiger partial charge in [-0.25, -0.2) is 27.3 Å². The van der Waals surface area contributed by atoms with Crippen LogP contribution in [0.2, 0.25) is 0 Å². The number of rotatable bonds is 5. The Hall–Kier alpha value is -3.30. The van der Waals surface area contributed by atoms with Gasteiger partial charge in [-0.15, -0.1) is 0 Å². The highest BCUT2D eigenvalue weighted by molar-refractivity contribution is 5.64. The molecular weight excluding hydrogens is 372 g/mol. The van der Waals surface area contributed by atoms with E-state index in [0.29, 0.717) is 0 Å². The summed E-state index contributed by atoms with van der Waals surface area (Å²) in [5.74, 6) is -2.21. The number of nitrogens with zero attached hydrogens (tertiary/aromatic N) is 2. The Morgan fingerprint density at radius 2 is 1.96 bits per heavy atom. The average Bonchev–Trinajstić information content (AvgIpc) is 2.89. The molecule has 10 heteroatoms. The van der Waals surface area contributed by atoms with E-state index in [9.17, 15) is 22.4 Å². The molecule has 6 nitrogen and oxygen atoms in total. The van der Waals surface area contributed by atoms with Gasteiger partial charge >= 0.3 is 6.16 Å². The molecule has 0 saturated carbocycles. The zero-order chi connectivity index (χ0) is 19.7. The van der Waals surface area contributed by atoms with Crippen LogP contribution in [0.15, 0.2) is 30.5 Å². The molecule has 0 aliphatic rings. The van der Waals surface area contributed by atoms with Crippen LogP contribution in [-0.4, -0.2) is 20.6 Å². The standard InChI is InChI=1S/C17H12F4N2O4/c1-8-16(27-17(24)25)23-6-9(14(20)21)5-13(15(23)22-8)26-7-10-11(18)3-2-4-12(10)19/h2-6,14H,7H2,1H3,(H,24,25). The third-order valence-electron chi connectivity index (χ3n) is 3.70. The summed E-state index contributed by atoms with van der Waals surface area (Å²) in [6.45, 7) is 0.829. The Kier molecular flexibility index (Phi) is 4.89.